The Morgan fingerprint density at radius 1 is 1.06 bits per heavy atom. The molecule has 1 aromatic heterocycles. The highest BCUT2D eigenvalue weighted by Gasteiger charge is 2.17. The van der Waals surface area contributed by atoms with Gasteiger partial charge in [0.15, 0.2) is 0 Å². The molecule has 33 heavy (non-hydrogen) atoms. The molecule has 1 heterocycles. The smallest absolute Gasteiger partial charge is 0.248 e. The number of halogens is 1. The quantitative estimate of drug-likeness (QED) is 0.295. The summed E-state index contributed by atoms with van der Waals surface area (Å²) >= 11 is 6.17. The van der Waals surface area contributed by atoms with Gasteiger partial charge in [0.2, 0.25) is 5.91 Å². The number of allylic oxidation sites excluding steroid dienone is 1. The average Bonchev–Trinajstić information content (AvgIpc) is 3.22. The van der Waals surface area contributed by atoms with E-state index in [1.54, 1.807) is 25.5 Å². The molecule has 3 aromatic carbocycles. The molecule has 0 aliphatic carbocycles. The number of benzene rings is 3. The molecule has 0 fully saturated rings. The van der Waals surface area contributed by atoms with Crippen LogP contribution in [0.3, 0.4) is 0 Å². The lowest BCUT2D eigenvalue weighted by atomic mass is 9.98. The fourth-order valence-corrected chi connectivity index (χ4v) is 3.90. The summed E-state index contributed by atoms with van der Waals surface area (Å²) in [4.78, 5) is 12.7. The van der Waals surface area contributed by atoms with Gasteiger partial charge in [0.05, 0.1) is 30.7 Å². The summed E-state index contributed by atoms with van der Waals surface area (Å²) in [6, 6.07) is 18.7. The van der Waals surface area contributed by atoms with E-state index in [1.807, 2.05) is 62.4 Å². The van der Waals surface area contributed by atoms with Crippen LogP contribution in [-0.4, -0.2) is 19.6 Å². The minimum atomic E-state index is -0.278. The molecule has 0 radical (unpaired) electrons. The lowest BCUT2D eigenvalue weighted by Gasteiger charge is -2.12. The lowest BCUT2D eigenvalue weighted by molar-refractivity contribution is -0.111. The highest BCUT2D eigenvalue weighted by atomic mass is 35.5. The summed E-state index contributed by atoms with van der Waals surface area (Å²) in [5.41, 5.74) is 4.62. The van der Waals surface area contributed by atoms with Crippen molar-refractivity contribution >= 4 is 39.7 Å². The van der Waals surface area contributed by atoms with Gasteiger partial charge in [0.25, 0.3) is 0 Å². The summed E-state index contributed by atoms with van der Waals surface area (Å²) in [5, 5.41) is 4.20. The van der Waals surface area contributed by atoms with Crippen molar-refractivity contribution in [3.05, 3.63) is 83.6 Å². The molecule has 0 atom stereocenters. The van der Waals surface area contributed by atoms with E-state index in [-0.39, 0.29) is 5.91 Å². The van der Waals surface area contributed by atoms with Crippen molar-refractivity contribution < 1.29 is 18.7 Å². The first kappa shape index (κ1) is 22.5. The van der Waals surface area contributed by atoms with Crippen LogP contribution in [0, 0.1) is 0 Å². The second-order valence-corrected chi connectivity index (χ2v) is 7.83. The molecule has 0 aliphatic heterocycles. The van der Waals surface area contributed by atoms with Gasteiger partial charge in [-0.05, 0) is 43.7 Å². The molecule has 0 aliphatic rings. The van der Waals surface area contributed by atoms with Crippen molar-refractivity contribution in [1.29, 1.82) is 0 Å². The number of nitrogens with one attached hydrogen (secondary N) is 1. The normalized spacial score (nSPS) is 11.5. The van der Waals surface area contributed by atoms with Gasteiger partial charge in [-0.1, -0.05) is 41.9 Å². The van der Waals surface area contributed by atoms with Crippen LogP contribution in [0.15, 0.2) is 77.4 Å². The number of carbonyl (C=O) groups excluding carboxylic acids is 1. The second kappa shape index (κ2) is 9.84. The highest BCUT2D eigenvalue weighted by molar-refractivity contribution is 6.33. The van der Waals surface area contributed by atoms with E-state index in [2.05, 4.69) is 5.32 Å². The van der Waals surface area contributed by atoms with Gasteiger partial charge < -0.3 is 19.2 Å². The molecule has 1 N–H and O–H groups in total. The molecule has 1 amide bonds. The van der Waals surface area contributed by atoms with Crippen LogP contribution >= 0.6 is 11.6 Å². The molecule has 6 heteroatoms. The van der Waals surface area contributed by atoms with Crippen LogP contribution in [0.1, 0.15) is 19.4 Å². The maximum atomic E-state index is 12.7. The summed E-state index contributed by atoms with van der Waals surface area (Å²) in [6.07, 6.45) is 3.25. The van der Waals surface area contributed by atoms with Crippen molar-refractivity contribution in [3.8, 4) is 22.6 Å². The van der Waals surface area contributed by atoms with Crippen molar-refractivity contribution in [2.45, 2.75) is 13.8 Å². The maximum absolute atomic E-state index is 12.7. The number of methoxy groups -OCH3 is 1. The lowest BCUT2D eigenvalue weighted by Crippen LogP contribution is -2.09. The van der Waals surface area contributed by atoms with Gasteiger partial charge in [-0.25, -0.2) is 0 Å². The van der Waals surface area contributed by atoms with Crippen molar-refractivity contribution in [2.24, 2.45) is 0 Å². The molecule has 0 saturated heterocycles. The van der Waals surface area contributed by atoms with Gasteiger partial charge in [0, 0.05) is 34.2 Å². The summed E-state index contributed by atoms with van der Waals surface area (Å²) < 4.78 is 17.3. The van der Waals surface area contributed by atoms with Crippen molar-refractivity contribution in [2.75, 3.05) is 19.0 Å². The highest BCUT2D eigenvalue weighted by Crippen LogP contribution is 2.40. The van der Waals surface area contributed by atoms with E-state index in [0.717, 1.165) is 33.4 Å². The first-order valence-corrected chi connectivity index (χ1v) is 10.9. The molecule has 0 saturated carbocycles. The molecule has 5 nitrogen and oxygen atoms in total. The Kier molecular flexibility index (Phi) is 6.71. The third-order valence-corrected chi connectivity index (χ3v) is 5.61. The standard InChI is InChI=1S/C27H24ClNO4/c1-4-32-25-15-26-20(21(16-33-26)18-9-5-8-12-24(18)31-3)14-19(25)17(2)13-27(30)29-23-11-7-6-10-22(23)28/h5-16H,4H2,1-3H3,(H,29,30)/b17-13+. The third-order valence-electron chi connectivity index (χ3n) is 5.28. The molecule has 4 rings (SSSR count). The maximum Gasteiger partial charge on any atom is 0.248 e. The first-order chi connectivity index (χ1) is 16.0. The van der Waals surface area contributed by atoms with Gasteiger partial charge in [-0.15, -0.1) is 0 Å². The van der Waals surface area contributed by atoms with Gasteiger partial charge in [-0.2, -0.15) is 0 Å². The number of ether oxygens (including phenoxy) is 2. The van der Waals surface area contributed by atoms with Crippen LogP contribution in [0.5, 0.6) is 11.5 Å². The number of carbonyl (C=O) groups is 1. The fourth-order valence-electron chi connectivity index (χ4n) is 3.72. The largest absolute Gasteiger partial charge is 0.496 e. The summed E-state index contributed by atoms with van der Waals surface area (Å²) in [5.74, 6) is 1.12. The van der Waals surface area contributed by atoms with Gasteiger partial charge in [-0.3, -0.25) is 4.79 Å². The Morgan fingerprint density at radius 3 is 2.58 bits per heavy atom. The van der Waals surface area contributed by atoms with Crippen LogP contribution in [0.25, 0.3) is 27.7 Å². The Hall–Kier alpha value is -3.70. The van der Waals surface area contributed by atoms with E-state index < -0.39 is 0 Å². The molecule has 0 unspecified atom stereocenters. The SMILES string of the molecule is CCOc1cc2occ(-c3ccccc3OC)c2cc1/C(C)=C/C(=O)Nc1ccccc1Cl. The predicted octanol–water partition coefficient (Wildman–Crippen LogP) is 7.20. The Balaban J connectivity index is 1.76. The fraction of sp³-hybridized carbons (Fsp3) is 0.148. The zero-order valence-electron chi connectivity index (χ0n) is 18.6. The number of para-hydroxylation sites is 2. The molecular formula is C27H24ClNO4. The molecule has 0 spiro atoms. The third kappa shape index (κ3) is 4.73. The molecule has 168 valence electrons. The second-order valence-electron chi connectivity index (χ2n) is 7.42. The van der Waals surface area contributed by atoms with Crippen molar-refractivity contribution in [1.82, 2.24) is 0 Å². The first-order valence-electron chi connectivity index (χ1n) is 10.6. The van der Waals surface area contributed by atoms with Crippen LogP contribution in [0.4, 0.5) is 5.69 Å². The summed E-state index contributed by atoms with van der Waals surface area (Å²) in [6.45, 7) is 4.27. The molecule has 0 bridgehead atoms. The number of fused-ring (bicyclic) bond motifs is 1. The van der Waals surface area contributed by atoms with E-state index >= 15 is 0 Å². The number of amides is 1. The number of furan rings is 1. The van der Waals surface area contributed by atoms with Crippen LogP contribution < -0.4 is 14.8 Å². The van der Waals surface area contributed by atoms with E-state index in [0.29, 0.717) is 28.6 Å². The number of rotatable bonds is 7. The topological polar surface area (TPSA) is 60.7 Å². The van der Waals surface area contributed by atoms with E-state index in [4.69, 9.17) is 25.5 Å². The van der Waals surface area contributed by atoms with Gasteiger partial charge >= 0.3 is 0 Å². The van der Waals surface area contributed by atoms with E-state index in [1.165, 1.54) is 6.08 Å². The Bertz CT molecular complexity index is 1340. The number of hydrogen-bond donors (Lipinski definition) is 1. The Labute approximate surface area is 197 Å². The van der Waals surface area contributed by atoms with Crippen LogP contribution in [0.2, 0.25) is 5.02 Å². The minimum Gasteiger partial charge on any atom is -0.496 e. The molecule has 4 aromatic rings. The molecular weight excluding hydrogens is 438 g/mol. The number of anilines is 1. The predicted molar refractivity (Wildman–Crippen MR) is 133 cm³/mol. The van der Waals surface area contributed by atoms with Gasteiger partial charge in [0.1, 0.15) is 17.1 Å². The van der Waals surface area contributed by atoms with E-state index in [9.17, 15) is 4.79 Å². The zero-order chi connectivity index (χ0) is 23.4. The van der Waals surface area contributed by atoms with Crippen molar-refractivity contribution in [3.63, 3.8) is 0 Å². The Morgan fingerprint density at radius 2 is 1.82 bits per heavy atom. The number of hydrogen-bond acceptors (Lipinski definition) is 4. The summed E-state index contributed by atoms with van der Waals surface area (Å²) in [7, 11) is 1.64. The minimum absolute atomic E-state index is 0.278. The zero-order valence-corrected chi connectivity index (χ0v) is 19.4. The average molecular weight is 462 g/mol. The van der Waals surface area contributed by atoms with Crippen LogP contribution in [-0.2, 0) is 4.79 Å². The monoisotopic (exact) mass is 461 g/mol.